The number of aliphatic carboxylic acids is 1. The summed E-state index contributed by atoms with van der Waals surface area (Å²) in [5.41, 5.74) is -2.62. The second-order valence-corrected chi connectivity index (χ2v) is 13.6. The van der Waals surface area contributed by atoms with Gasteiger partial charge in [0.05, 0.1) is 23.2 Å². The van der Waals surface area contributed by atoms with E-state index in [2.05, 4.69) is 39.8 Å². The van der Waals surface area contributed by atoms with Crippen LogP contribution in [0.15, 0.2) is 12.2 Å². The third kappa shape index (κ3) is 2.73. The van der Waals surface area contributed by atoms with E-state index >= 15 is 0 Å². The van der Waals surface area contributed by atoms with Gasteiger partial charge in [0.25, 0.3) is 0 Å². The van der Waals surface area contributed by atoms with Crippen molar-refractivity contribution in [2.75, 3.05) is 0 Å². The van der Waals surface area contributed by atoms with Gasteiger partial charge in [0.2, 0.25) is 0 Å². The zero-order valence-corrected chi connectivity index (χ0v) is 21.1. The summed E-state index contributed by atoms with van der Waals surface area (Å²) in [6, 6.07) is 0. The molecule has 4 N–H and O–H groups in total. The average Bonchev–Trinajstić information content (AvgIpc) is 2.73. The van der Waals surface area contributed by atoms with Crippen molar-refractivity contribution >= 4 is 5.97 Å². The largest absolute Gasteiger partial charge is 0.481 e. The van der Waals surface area contributed by atoms with Crippen LogP contribution in [0.4, 0.5) is 0 Å². The van der Waals surface area contributed by atoms with Crippen molar-refractivity contribution < 1.29 is 25.2 Å². The SMILES string of the molecule is CC1CCC2(C(=O)O)CCC3(C)C(CCC4C5(C)C(O)CC(O)C(C)(O)C5C=CC43C)C2C1. The van der Waals surface area contributed by atoms with E-state index in [0.29, 0.717) is 11.8 Å². The zero-order valence-electron chi connectivity index (χ0n) is 21.1. The van der Waals surface area contributed by atoms with Gasteiger partial charge in [0.1, 0.15) is 0 Å². The van der Waals surface area contributed by atoms with Gasteiger partial charge in [-0.3, -0.25) is 4.79 Å². The Morgan fingerprint density at radius 1 is 0.909 bits per heavy atom. The number of aliphatic hydroxyl groups is 3. The predicted octanol–water partition coefficient (Wildman–Crippen LogP) is 4.40. The molecule has 0 aromatic rings. The number of fused-ring (bicyclic) bond motifs is 7. The molecule has 0 aromatic carbocycles. The number of hydrogen-bond acceptors (Lipinski definition) is 4. The predicted molar refractivity (Wildman–Crippen MR) is 126 cm³/mol. The smallest absolute Gasteiger partial charge is 0.309 e. The minimum atomic E-state index is -1.27. The van der Waals surface area contributed by atoms with Crippen molar-refractivity contribution in [2.24, 2.45) is 51.2 Å². The Balaban J connectivity index is 1.60. The zero-order chi connectivity index (χ0) is 24.2. The van der Waals surface area contributed by atoms with Gasteiger partial charge in [-0.2, -0.15) is 0 Å². The van der Waals surface area contributed by atoms with Crippen molar-refractivity contribution in [2.45, 2.75) is 104 Å². The quantitative estimate of drug-likeness (QED) is 0.435. The molecule has 0 heterocycles. The lowest BCUT2D eigenvalue weighted by Crippen LogP contribution is -2.70. The van der Waals surface area contributed by atoms with Crippen LogP contribution in [0.1, 0.15) is 86.0 Å². The van der Waals surface area contributed by atoms with E-state index < -0.39 is 34.6 Å². The van der Waals surface area contributed by atoms with Gasteiger partial charge in [-0.15, -0.1) is 0 Å². The highest BCUT2D eigenvalue weighted by atomic mass is 16.4. The molecule has 12 atom stereocenters. The second-order valence-electron chi connectivity index (χ2n) is 13.6. The normalized spacial score (nSPS) is 60.2. The fraction of sp³-hybridized carbons (Fsp3) is 0.893. The van der Waals surface area contributed by atoms with E-state index in [1.54, 1.807) is 6.92 Å². The highest BCUT2D eigenvalue weighted by molar-refractivity contribution is 5.75. The van der Waals surface area contributed by atoms with Crippen LogP contribution >= 0.6 is 0 Å². The second kappa shape index (κ2) is 7.07. The van der Waals surface area contributed by atoms with Crippen LogP contribution < -0.4 is 0 Å². The Morgan fingerprint density at radius 2 is 1.61 bits per heavy atom. The van der Waals surface area contributed by atoms with E-state index in [1.807, 2.05) is 0 Å². The lowest BCUT2D eigenvalue weighted by Gasteiger charge is -2.71. The average molecular weight is 461 g/mol. The van der Waals surface area contributed by atoms with Gasteiger partial charge in [-0.1, -0.05) is 39.8 Å². The molecular formula is C28H44O5. The molecule has 0 radical (unpaired) electrons. The number of hydrogen-bond donors (Lipinski definition) is 4. The summed E-state index contributed by atoms with van der Waals surface area (Å²) < 4.78 is 0. The Bertz CT molecular complexity index is 866. The Hall–Kier alpha value is -0.910. The molecule has 12 unspecified atom stereocenters. The lowest BCUT2D eigenvalue weighted by molar-refractivity contribution is -0.255. The van der Waals surface area contributed by atoms with E-state index in [0.717, 1.165) is 44.9 Å². The number of allylic oxidation sites excluding steroid dienone is 1. The molecule has 5 rings (SSSR count). The molecule has 5 aliphatic carbocycles. The van der Waals surface area contributed by atoms with Gasteiger partial charge in [-0.25, -0.2) is 0 Å². The third-order valence-corrected chi connectivity index (χ3v) is 12.5. The molecule has 0 aromatic heterocycles. The van der Waals surface area contributed by atoms with Crippen LogP contribution in [0.5, 0.6) is 0 Å². The first-order valence-electron chi connectivity index (χ1n) is 13.3. The van der Waals surface area contributed by atoms with Crippen molar-refractivity contribution in [1.82, 2.24) is 0 Å². The first-order valence-corrected chi connectivity index (χ1v) is 13.3. The molecule has 0 bridgehead atoms. The molecule has 0 amide bonds. The first kappa shape index (κ1) is 23.8. The van der Waals surface area contributed by atoms with E-state index in [-0.39, 0.29) is 35.0 Å². The number of carboxylic acids is 1. The minimum Gasteiger partial charge on any atom is -0.481 e. The summed E-state index contributed by atoms with van der Waals surface area (Å²) in [4.78, 5) is 12.6. The molecule has 4 fully saturated rings. The van der Waals surface area contributed by atoms with Crippen LogP contribution in [-0.2, 0) is 4.79 Å². The van der Waals surface area contributed by atoms with Crippen LogP contribution in [-0.4, -0.2) is 44.2 Å². The Labute approximate surface area is 198 Å². The monoisotopic (exact) mass is 460 g/mol. The third-order valence-electron chi connectivity index (χ3n) is 12.5. The number of rotatable bonds is 1. The Morgan fingerprint density at radius 3 is 2.27 bits per heavy atom. The fourth-order valence-electron chi connectivity index (χ4n) is 10.2. The van der Waals surface area contributed by atoms with Crippen LogP contribution in [0.2, 0.25) is 0 Å². The fourth-order valence-corrected chi connectivity index (χ4v) is 10.2. The van der Waals surface area contributed by atoms with E-state index in [1.165, 1.54) is 0 Å². The molecular weight excluding hydrogens is 416 g/mol. The van der Waals surface area contributed by atoms with Crippen molar-refractivity contribution in [1.29, 1.82) is 0 Å². The van der Waals surface area contributed by atoms with Crippen LogP contribution in [0.25, 0.3) is 0 Å². The van der Waals surface area contributed by atoms with Crippen molar-refractivity contribution in [3.63, 3.8) is 0 Å². The highest BCUT2D eigenvalue weighted by Crippen LogP contribution is 2.74. The minimum absolute atomic E-state index is 0.0529. The van der Waals surface area contributed by atoms with Gasteiger partial charge in [0, 0.05) is 17.8 Å². The van der Waals surface area contributed by atoms with Gasteiger partial charge >= 0.3 is 5.97 Å². The van der Waals surface area contributed by atoms with Crippen LogP contribution in [0, 0.1) is 51.2 Å². The number of carbonyl (C=O) groups is 1. The topological polar surface area (TPSA) is 98.0 Å². The summed E-state index contributed by atoms with van der Waals surface area (Å²) in [6.45, 7) is 10.9. The molecule has 186 valence electrons. The van der Waals surface area contributed by atoms with Gasteiger partial charge < -0.3 is 20.4 Å². The molecule has 0 aliphatic heterocycles. The molecule has 5 aliphatic rings. The molecule has 33 heavy (non-hydrogen) atoms. The molecule has 5 nitrogen and oxygen atoms in total. The van der Waals surface area contributed by atoms with Gasteiger partial charge in [0.15, 0.2) is 0 Å². The van der Waals surface area contributed by atoms with Crippen molar-refractivity contribution in [3.05, 3.63) is 12.2 Å². The summed E-state index contributed by atoms with van der Waals surface area (Å²) >= 11 is 0. The maximum absolute atomic E-state index is 12.6. The summed E-state index contributed by atoms with van der Waals surface area (Å²) in [6.07, 6.45) is 9.32. The van der Waals surface area contributed by atoms with Crippen LogP contribution in [0.3, 0.4) is 0 Å². The molecule has 5 heteroatoms. The molecule has 0 saturated heterocycles. The maximum atomic E-state index is 12.6. The standard InChI is InChI=1S/C28H44O5/c1-16-8-11-28(23(31)32)13-12-24(2)17(18(28)14-16)6-7-19-25(24,3)10-9-20-26(19,4)21(29)15-22(30)27(20,5)33/h9-10,16-22,29-30,33H,6-8,11-15H2,1-5H3,(H,31,32). The summed E-state index contributed by atoms with van der Waals surface area (Å²) in [5, 5.41) is 43.6. The Kier molecular flexibility index (Phi) is 5.10. The van der Waals surface area contributed by atoms with E-state index in [4.69, 9.17) is 0 Å². The summed E-state index contributed by atoms with van der Waals surface area (Å²) in [7, 11) is 0. The number of carboxylic acid groups (broad SMARTS) is 1. The summed E-state index contributed by atoms with van der Waals surface area (Å²) in [5.74, 6) is 0.397. The maximum Gasteiger partial charge on any atom is 0.309 e. The molecule has 4 saturated carbocycles. The number of aliphatic hydroxyl groups excluding tert-OH is 2. The first-order chi connectivity index (χ1) is 15.2. The highest BCUT2D eigenvalue weighted by Gasteiger charge is 2.71. The van der Waals surface area contributed by atoms with E-state index in [9.17, 15) is 25.2 Å². The van der Waals surface area contributed by atoms with Gasteiger partial charge in [-0.05, 0) is 86.4 Å². The molecule has 0 spiro atoms. The lowest BCUT2D eigenvalue weighted by atomic mass is 9.33. The van der Waals surface area contributed by atoms with Crippen molar-refractivity contribution in [3.8, 4) is 0 Å².